The Bertz CT molecular complexity index is 992. The maximum atomic E-state index is 13.2. The molecular weight excluding hydrogens is 352 g/mol. The van der Waals surface area contributed by atoms with Crippen LogP contribution in [0.15, 0.2) is 28.7 Å². The standard InChI is InChI=1S/C20H20O7/c1-10-17(14-4-3-11(7-21)19(25)20(14)27-10)18(24)12-5-13(8-22)15(9-23)16(6-12)26-2/h3-6,21-23,25H,7-9H2,1-2H3. The molecule has 0 unspecified atom stereocenters. The van der Waals surface area contributed by atoms with Crippen molar-refractivity contribution in [2.45, 2.75) is 26.7 Å². The summed E-state index contributed by atoms with van der Waals surface area (Å²) in [6.45, 7) is 0.556. The van der Waals surface area contributed by atoms with E-state index in [0.717, 1.165) is 0 Å². The minimum Gasteiger partial charge on any atom is -0.504 e. The third-order valence-electron chi connectivity index (χ3n) is 4.60. The maximum Gasteiger partial charge on any atom is 0.197 e. The fourth-order valence-electron chi connectivity index (χ4n) is 3.20. The van der Waals surface area contributed by atoms with Crippen molar-refractivity contribution >= 4 is 16.8 Å². The van der Waals surface area contributed by atoms with E-state index in [4.69, 9.17) is 9.15 Å². The Labute approximate surface area is 155 Å². The molecule has 0 spiro atoms. The number of aliphatic hydroxyl groups excluding tert-OH is 3. The van der Waals surface area contributed by atoms with Crippen molar-refractivity contribution in [2.75, 3.05) is 7.11 Å². The van der Waals surface area contributed by atoms with Gasteiger partial charge in [0.15, 0.2) is 17.1 Å². The number of carbonyl (C=O) groups excluding carboxylic acids is 1. The normalized spacial score (nSPS) is 11.1. The number of phenols is 1. The molecule has 0 amide bonds. The minimum absolute atomic E-state index is 0.128. The summed E-state index contributed by atoms with van der Waals surface area (Å²) in [5.74, 6) is 0.0284. The molecule has 0 radical (unpaired) electrons. The van der Waals surface area contributed by atoms with E-state index in [-0.39, 0.29) is 48.1 Å². The van der Waals surface area contributed by atoms with Gasteiger partial charge in [0.25, 0.3) is 0 Å². The van der Waals surface area contributed by atoms with Crippen LogP contribution in [0.4, 0.5) is 0 Å². The number of aromatic hydroxyl groups is 1. The number of furan rings is 1. The number of fused-ring (bicyclic) bond motifs is 1. The molecule has 2 aromatic carbocycles. The number of aliphatic hydroxyl groups is 3. The first-order valence-electron chi connectivity index (χ1n) is 8.27. The van der Waals surface area contributed by atoms with Crippen LogP contribution in [0.25, 0.3) is 11.0 Å². The van der Waals surface area contributed by atoms with Gasteiger partial charge in [0.05, 0.1) is 32.5 Å². The summed E-state index contributed by atoms with van der Waals surface area (Å²) in [6, 6.07) is 6.12. The molecule has 3 rings (SSSR count). The van der Waals surface area contributed by atoms with E-state index < -0.39 is 0 Å². The van der Waals surface area contributed by atoms with Crippen molar-refractivity contribution in [1.29, 1.82) is 0 Å². The topological polar surface area (TPSA) is 120 Å². The Balaban J connectivity index is 2.19. The van der Waals surface area contributed by atoms with Crippen molar-refractivity contribution in [3.8, 4) is 11.5 Å². The molecule has 7 nitrogen and oxygen atoms in total. The Morgan fingerprint density at radius 1 is 1.07 bits per heavy atom. The lowest BCUT2D eigenvalue weighted by Gasteiger charge is -2.13. The van der Waals surface area contributed by atoms with Gasteiger partial charge >= 0.3 is 0 Å². The fraction of sp³-hybridized carbons (Fsp3) is 0.250. The van der Waals surface area contributed by atoms with Gasteiger partial charge in [-0.15, -0.1) is 0 Å². The van der Waals surface area contributed by atoms with Crippen LogP contribution in [0, 0.1) is 6.92 Å². The van der Waals surface area contributed by atoms with Gasteiger partial charge in [-0.05, 0) is 30.7 Å². The molecule has 1 aromatic heterocycles. The first kappa shape index (κ1) is 18.9. The van der Waals surface area contributed by atoms with Crippen LogP contribution in [-0.2, 0) is 19.8 Å². The Morgan fingerprint density at radius 3 is 2.37 bits per heavy atom. The monoisotopic (exact) mass is 372 g/mol. The number of ketones is 1. The van der Waals surface area contributed by atoms with Gasteiger partial charge in [0, 0.05) is 22.1 Å². The number of hydrogen-bond acceptors (Lipinski definition) is 7. The SMILES string of the molecule is COc1cc(C(=O)c2c(C)oc3c(O)c(CO)ccc23)cc(CO)c1CO. The molecule has 0 fully saturated rings. The highest BCUT2D eigenvalue weighted by Gasteiger charge is 2.24. The van der Waals surface area contributed by atoms with Gasteiger partial charge in [-0.25, -0.2) is 0 Å². The highest BCUT2D eigenvalue weighted by molar-refractivity contribution is 6.17. The van der Waals surface area contributed by atoms with E-state index in [1.807, 2.05) is 0 Å². The zero-order valence-electron chi connectivity index (χ0n) is 14.9. The number of methoxy groups -OCH3 is 1. The highest BCUT2D eigenvalue weighted by atomic mass is 16.5. The van der Waals surface area contributed by atoms with Crippen LogP contribution >= 0.6 is 0 Å². The van der Waals surface area contributed by atoms with Crippen LogP contribution in [0.1, 0.15) is 38.4 Å². The van der Waals surface area contributed by atoms with Crippen LogP contribution in [-0.4, -0.2) is 33.3 Å². The van der Waals surface area contributed by atoms with Crippen LogP contribution < -0.4 is 4.74 Å². The Morgan fingerprint density at radius 2 is 1.78 bits per heavy atom. The quantitative estimate of drug-likeness (QED) is 0.489. The molecule has 27 heavy (non-hydrogen) atoms. The largest absolute Gasteiger partial charge is 0.504 e. The number of ether oxygens (including phenoxy) is 1. The van der Waals surface area contributed by atoms with E-state index in [2.05, 4.69) is 0 Å². The number of benzene rings is 2. The first-order valence-corrected chi connectivity index (χ1v) is 8.27. The van der Waals surface area contributed by atoms with Gasteiger partial charge < -0.3 is 29.6 Å². The third kappa shape index (κ3) is 3.06. The van der Waals surface area contributed by atoms with Crippen LogP contribution in [0.2, 0.25) is 0 Å². The van der Waals surface area contributed by atoms with E-state index in [1.54, 1.807) is 13.0 Å². The predicted octanol–water partition coefficient (Wildman–Crippen LogP) is 2.16. The second-order valence-corrected chi connectivity index (χ2v) is 6.10. The average molecular weight is 372 g/mol. The van der Waals surface area contributed by atoms with Crippen LogP contribution in [0.3, 0.4) is 0 Å². The predicted molar refractivity (Wildman–Crippen MR) is 96.8 cm³/mol. The summed E-state index contributed by atoms with van der Waals surface area (Å²) in [6.07, 6.45) is 0. The molecular formula is C20H20O7. The van der Waals surface area contributed by atoms with Crippen molar-refractivity contribution < 1.29 is 34.4 Å². The number of hydrogen-bond donors (Lipinski definition) is 4. The molecule has 142 valence electrons. The number of aryl methyl sites for hydroxylation is 1. The third-order valence-corrected chi connectivity index (χ3v) is 4.60. The van der Waals surface area contributed by atoms with E-state index >= 15 is 0 Å². The van der Waals surface area contributed by atoms with E-state index in [0.29, 0.717) is 33.6 Å². The van der Waals surface area contributed by atoms with Crippen molar-refractivity contribution in [3.63, 3.8) is 0 Å². The molecule has 3 aromatic rings. The molecule has 0 saturated heterocycles. The van der Waals surface area contributed by atoms with Crippen LogP contribution in [0.5, 0.6) is 11.5 Å². The molecule has 0 atom stereocenters. The van der Waals surface area contributed by atoms with Crippen molar-refractivity contribution in [3.05, 3.63) is 57.8 Å². The summed E-state index contributed by atoms with van der Waals surface area (Å²) >= 11 is 0. The van der Waals surface area contributed by atoms with Gasteiger partial charge in [0.1, 0.15) is 11.5 Å². The summed E-state index contributed by atoms with van der Waals surface area (Å²) in [7, 11) is 1.41. The van der Waals surface area contributed by atoms with Crippen molar-refractivity contribution in [1.82, 2.24) is 0 Å². The summed E-state index contributed by atoms with van der Waals surface area (Å²) in [5, 5.41) is 39.0. The molecule has 0 aliphatic heterocycles. The highest BCUT2D eigenvalue weighted by Crippen LogP contribution is 2.36. The molecule has 0 aliphatic carbocycles. The van der Waals surface area contributed by atoms with Gasteiger partial charge in [-0.3, -0.25) is 4.79 Å². The zero-order valence-corrected chi connectivity index (χ0v) is 14.9. The molecule has 7 heteroatoms. The Kier molecular flexibility index (Phi) is 5.18. The number of rotatable bonds is 6. The Hall–Kier alpha value is -2.87. The first-order chi connectivity index (χ1) is 13.0. The average Bonchev–Trinajstić information content (AvgIpc) is 3.03. The minimum atomic E-state index is -0.375. The lowest BCUT2D eigenvalue weighted by Crippen LogP contribution is -2.07. The summed E-state index contributed by atoms with van der Waals surface area (Å²) < 4.78 is 10.8. The van der Waals surface area contributed by atoms with Gasteiger partial charge in [-0.2, -0.15) is 0 Å². The summed E-state index contributed by atoms with van der Waals surface area (Å²) in [5.41, 5.74) is 1.75. The molecule has 0 aliphatic rings. The van der Waals surface area contributed by atoms with Crippen molar-refractivity contribution in [2.24, 2.45) is 0 Å². The van der Waals surface area contributed by atoms with Gasteiger partial charge in [-0.1, -0.05) is 6.07 Å². The van der Waals surface area contributed by atoms with E-state index in [9.17, 15) is 25.2 Å². The molecule has 0 bridgehead atoms. The summed E-state index contributed by atoms with van der Waals surface area (Å²) in [4.78, 5) is 13.2. The van der Waals surface area contributed by atoms with Gasteiger partial charge in [0.2, 0.25) is 0 Å². The zero-order chi connectivity index (χ0) is 19.7. The lowest BCUT2D eigenvalue weighted by atomic mass is 9.95. The lowest BCUT2D eigenvalue weighted by molar-refractivity contribution is 0.103. The molecule has 4 N–H and O–H groups in total. The maximum absolute atomic E-state index is 13.2. The molecule has 1 heterocycles. The fourth-order valence-corrected chi connectivity index (χ4v) is 3.20. The molecule has 0 saturated carbocycles. The smallest absolute Gasteiger partial charge is 0.197 e. The second kappa shape index (κ2) is 7.40. The number of carbonyl (C=O) groups is 1. The second-order valence-electron chi connectivity index (χ2n) is 6.10. The van der Waals surface area contributed by atoms with E-state index in [1.165, 1.54) is 25.3 Å².